The number of anilines is 1. The number of rotatable bonds is 7. The van der Waals surface area contributed by atoms with Crippen LogP contribution in [0.2, 0.25) is 0 Å². The number of nitrogens with two attached hydrogens (primary N) is 1. The van der Waals surface area contributed by atoms with Gasteiger partial charge in [0.25, 0.3) is 0 Å². The van der Waals surface area contributed by atoms with Gasteiger partial charge in [0.05, 0.1) is 18.9 Å². The SMILES string of the molecule is CCCOc1ccc(NN)c(OCCC)c1.Cl. The Balaban J connectivity index is 0.00000256. The Kier molecular flexibility index (Phi) is 8.36. The fraction of sp³-hybridized carbons (Fsp3) is 0.500. The molecule has 5 heteroatoms. The van der Waals surface area contributed by atoms with Crippen molar-refractivity contribution in [1.82, 2.24) is 0 Å². The molecule has 0 aromatic heterocycles. The van der Waals surface area contributed by atoms with E-state index >= 15 is 0 Å². The third-order valence-electron chi connectivity index (χ3n) is 2.04. The molecule has 0 aliphatic carbocycles. The molecule has 1 aromatic rings. The van der Waals surface area contributed by atoms with Crippen molar-refractivity contribution >= 4 is 18.1 Å². The summed E-state index contributed by atoms with van der Waals surface area (Å²) in [5.41, 5.74) is 3.38. The molecule has 1 rings (SSSR count). The number of halogens is 1. The molecule has 0 saturated heterocycles. The summed E-state index contributed by atoms with van der Waals surface area (Å²) in [6, 6.07) is 5.60. The summed E-state index contributed by atoms with van der Waals surface area (Å²) in [5, 5.41) is 0. The lowest BCUT2D eigenvalue weighted by atomic mass is 10.3. The largest absolute Gasteiger partial charge is 0.493 e. The standard InChI is InChI=1S/C12H20N2O2.ClH/c1-3-7-15-10-5-6-11(14-13)12(9-10)16-8-4-2;/h5-6,9,14H,3-4,7-8,13H2,1-2H3;1H. The van der Waals surface area contributed by atoms with E-state index in [1.807, 2.05) is 18.2 Å². The molecule has 0 bridgehead atoms. The molecule has 17 heavy (non-hydrogen) atoms. The van der Waals surface area contributed by atoms with Crippen LogP contribution in [0.4, 0.5) is 5.69 Å². The maximum absolute atomic E-state index is 5.58. The van der Waals surface area contributed by atoms with Gasteiger partial charge in [0, 0.05) is 6.07 Å². The fourth-order valence-corrected chi connectivity index (χ4v) is 1.26. The molecule has 0 unspecified atom stereocenters. The molecular weight excluding hydrogens is 240 g/mol. The zero-order valence-corrected chi connectivity index (χ0v) is 11.2. The van der Waals surface area contributed by atoms with Crippen molar-refractivity contribution in [2.45, 2.75) is 26.7 Å². The lowest BCUT2D eigenvalue weighted by Gasteiger charge is -2.12. The maximum atomic E-state index is 5.58. The lowest BCUT2D eigenvalue weighted by molar-refractivity contribution is 0.302. The predicted octanol–water partition coefficient (Wildman–Crippen LogP) is 2.97. The van der Waals surface area contributed by atoms with Gasteiger partial charge in [0.15, 0.2) is 0 Å². The van der Waals surface area contributed by atoms with Crippen molar-refractivity contribution in [2.24, 2.45) is 5.84 Å². The second-order valence-corrected chi connectivity index (χ2v) is 3.50. The number of hydrazine groups is 1. The second kappa shape index (κ2) is 8.96. The summed E-state index contributed by atoms with van der Waals surface area (Å²) in [6.07, 6.45) is 1.95. The third kappa shape index (κ3) is 5.15. The molecule has 3 N–H and O–H groups in total. The molecule has 1 aromatic carbocycles. The van der Waals surface area contributed by atoms with E-state index in [1.54, 1.807) is 0 Å². The summed E-state index contributed by atoms with van der Waals surface area (Å²) in [6.45, 7) is 5.52. The molecule has 0 heterocycles. The smallest absolute Gasteiger partial charge is 0.147 e. The van der Waals surface area contributed by atoms with Crippen LogP contribution in [0.3, 0.4) is 0 Å². The zero-order valence-electron chi connectivity index (χ0n) is 10.4. The number of hydrogen-bond donors (Lipinski definition) is 2. The number of ether oxygens (including phenoxy) is 2. The van der Waals surface area contributed by atoms with Crippen LogP contribution in [-0.2, 0) is 0 Å². The van der Waals surface area contributed by atoms with E-state index in [4.69, 9.17) is 15.3 Å². The van der Waals surface area contributed by atoms with Gasteiger partial charge in [0.1, 0.15) is 11.5 Å². The fourth-order valence-electron chi connectivity index (χ4n) is 1.26. The molecule has 0 spiro atoms. The normalized spacial score (nSPS) is 9.35. The first-order valence-electron chi connectivity index (χ1n) is 5.68. The predicted molar refractivity (Wildman–Crippen MR) is 73.1 cm³/mol. The molecule has 0 aliphatic heterocycles. The molecule has 0 fully saturated rings. The van der Waals surface area contributed by atoms with Crippen molar-refractivity contribution in [3.63, 3.8) is 0 Å². The number of benzene rings is 1. The van der Waals surface area contributed by atoms with Crippen LogP contribution in [0.1, 0.15) is 26.7 Å². The van der Waals surface area contributed by atoms with Gasteiger partial charge in [-0.15, -0.1) is 12.4 Å². The van der Waals surface area contributed by atoms with Gasteiger partial charge in [0.2, 0.25) is 0 Å². The molecule has 98 valence electrons. The zero-order chi connectivity index (χ0) is 11.8. The maximum Gasteiger partial charge on any atom is 0.147 e. The third-order valence-corrected chi connectivity index (χ3v) is 2.04. The minimum Gasteiger partial charge on any atom is -0.493 e. The van der Waals surface area contributed by atoms with Crippen LogP contribution in [0.25, 0.3) is 0 Å². The van der Waals surface area contributed by atoms with Crippen LogP contribution in [0, 0.1) is 0 Å². The van der Waals surface area contributed by atoms with Crippen LogP contribution in [0.15, 0.2) is 18.2 Å². The molecule has 4 nitrogen and oxygen atoms in total. The van der Waals surface area contributed by atoms with Gasteiger partial charge in [-0.05, 0) is 25.0 Å². The monoisotopic (exact) mass is 260 g/mol. The van der Waals surface area contributed by atoms with E-state index in [0.29, 0.717) is 13.2 Å². The Morgan fingerprint density at radius 1 is 1.12 bits per heavy atom. The van der Waals surface area contributed by atoms with Crippen LogP contribution in [0.5, 0.6) is 11.5 Å². The Hall–Kier alpha value is -1.13. The first-order valence-corrected chi connectivity index (χ1v) is 5.68. The second-order valence-electron chi connectivity index (χ2n) is 3.50. The Morgan fingerprint density at radius 2 is 1.76 bits per heavy atom. The highest BCUT2D eigenvalue weighted by atomic mass is 35.5. The molecule has 0 atom stereocenters. The summed E-state index contributed by atoms with van der Waals surface area (Å²) in [7, 11) is 0. The highest BCUT2D eigenvalue weighted by molar-refractivity contribution is 5.85. The number of nitrogens with one attached hydrogen (secondary N) is 1. The highest BCUT2D eigenvalue weighted by Gasteiger charge is 2.04. The van der Waals surface area contributed by atoms with Gasteiger partial charge in [-0.1, -0.05) is 13.8 Å². The van der Waals surface area contributed by atoms with Gasteiger partial charge < -0.3 is 14.9 Å². The quantitative estimate of drug-likeness (QED) is 0.585. The van der Waals surface area contributed by atoms with Gasteiger partial charge in [-0.3, -0.25) is 5.84 Å². The minimum absolute atomic E-state index is 0. The highest BCUT2D eigenvalue weighted by Crippen LogP contribution is 2.28. The van der Waals surface area contributed by atoms with Crippen LogP contribution < -0.4 is 20.7 Å². The molecule has 0 amide bonds. The van der Waals surface area contributed by atoms with Crippen molar-refractivity contribution < 1.29 is 9.47 Å². The summed E-state index contributed by atoms with van der Waals surface area (Å²) >= 11 is 0. The molecular formula is C12H21ClN2O2. The van der Waals surface area contributed by atoms with Crippen LogP contribution in [-0.4, -0.2) is 13.2 Å². The topological polar surface area (TPSA) is 56.5 Å². The first-order chi connectivity index (χ1) is 7.81. The molecule has 0 radical (unpaired) electrons. The average Bonchev–Trinajstić information content (AvgIpc) is 2.33. The van der Waals surface area contributed by atoms with Crippen molar-refractivity contribution in [3.05, 3.63) is 18.2 Å². The van der Waals surface area contributed by atoms with E-state index < -0.39 is 0 Å². The van der Waals surface area contributed by atoms with Crippen molar-refractivity contribution in [3.8, 4) is 11.5 Å². The van der Waals surface area contributed by atoms with Crippen molar-refractivity contribution in [2.75, 3.05) is 18.6 Å². The lowest BCUT2D eigenvalue weighted by Crippen LogP contribution is -2.09. The van der Waals surface area contributed by atoms with Crippen molar-refractivity contribution in [1.29, 1.82) is 0 Å². The Morgan fingerprint density at radius 3 is 2.35 bits per heavy atom. The van der Waals surface area contributed by atoms with E-state index in [2.05, 4.69) is 19.3 Å². The van der Waals surface area contributed by atoms with E-state index in [-0.39, 0.29) is 12.4 Å². The van der Waals surface area contributed by atoms with E-state index in [1.165, 1.54) is 0 Å². The summed E-state index contributed by atoms with van der Waals surface area (Å²) in [5.74, 6) is 6.95. The van der Waals surface area contributed by atoms with Gasteiger partial charge >= 0.3 is 0 Å². The first kappa shape index (κ1) is 15.9. The molecule has 0 saturated carbocycles. The van der Waals surface area contributed by atoms with Crippen LogP contribution >= 0.6 is 12.4 Å². The van der Waals surface area contributed by atoms with Gasteiger partial charge in [-0.2, -0.15) is 0 Å². The minimum atomic E-state index is 0. The van der Waals surface area contributed by atoms with E-state index in [9.17, 15) is 0 Å². The average molecular weight is 261 g/mol. The summed E-state index contributed by atoms with van der Waals surface area (Å²) in [4.78, 5) is 0. The number of hydrogen-bond acceptors (Lipinski definition) is 4. The van der Waals surface area contributed by atoms with E-state index in [0.717, 1.165) is 30.0 Å². The Bertz CT molecular complexity index is 321. The Labute approximate surface area is 109 Å². The number of nitrogen functional groups attached to an aromatic ring is 1. The summed E-state index contributed by atoms with van der Waals surface area (Å²) < 4.78 is 11.1. The molecule has 0 aliphatic rings. The van der Waals surface area contributed by atoms with Gasteiger partial charge in [-0.25, -0.2) is 0 Å².